The van der Waals surface area contributed by atoms with Crippen molar-refractivity contribution in [2.75, 3.05) is 13.4 Å². The van der Waals surface area contributed by atoms with Gasteiger partial charge in [-0.1, -0.05) is 18.7 Å². The highest BCUT2D eigenvalue weighted by atomic mass is 16.7. The normalized spacial score (nSPS) is 21.1. The number of hydrogen-bond acceptors (Lipinski definition) is 4. The molecule has 0 aromatic heterocycles. The number of hydrogen-bond donors (Lipinski definition) is 0. The maximum absolute atomic E-state index is 10.9. The highest BCUT2D eigenvalue weighted by Crippen LogP contribution is 2.34. The number of carbonyl (C=O) groups excluding carboxylic acids is 1. The van der Waals surface area contributed by atoms with Gasteiger partial charge in [0.25, 0.3) is 0 Å². The Hall–Kier alpha value is -1.81. The van der Waals surface area contributed by atoms with Gasteiger partial charge in [0.2, 0.25) is 6.79 Å². The van der Waals surface area contributed by atoms with Gasteiger partial charge in [0, 0.05) is 12.7 Å². The average molecular weight is 304 g/mol. The lowest BCUT2D eigenvalue weighted by Crippen LogP contribution is -2.20. The molecule has 4 nitrogen and oxygen atoms in total. The average Bonchev–Trinajstić information content (AvgIpc) is 2.56. The predicted octanol–water partition coefficient (Wildman–Crippen LogP) is 3.81. The maximum atomic E-state index is 10.9. The Morgan fingerprint density at radius 2 is 1.91 bits per heavy atom. The standard InChI is InChI=1S/C18H24O4/c1-3-18(19)22-13-21-17-11-7-15(8-12-17)14-5-9-16(10-6-14)20-4-2/h3,7-8,11-12,14,16H,1,4-6,9-10,13H2,2H3. The summed E-state index contributed by atoms with van der Waals surface area (Å²) in [6, 6.07) is 8.03. The van der Waals surface area contributed by atoms with Gasteiger partial charge in [0.1, 0.15) is 5.75 Å². The van der Waals surface area contributed by atoms with Crippen molar-refractivity contribution in [1.29, 1.82) is 0 Å². The van der Waals surface area contributed by atoms with Gasteiger partial charge in [-0.15, -0.1) is 0 Å². The lowest BCUT2D eigenvalue weighted by molar-refractivity contribution is -0.144. The third kappa shape index (κ3) is 4.88. The van der Waals surface area contributed by atoms with Gasteiger partial charge in [0.15, 0.2) is 0 Å². The van der Waals surface area contributed by atoms with Gasteiger partial charge >= 0.3 is 5.97 Å². The molecule has 2 rings (SSSR count). The van der Waals surface area contributed by atoms with Crippen LogP contribution in [0.1, 0.15) is 44.1 Å². The largest absolute Gasteiger partial charge is 0.457 e. The molecule has 1 fully saturated rings. The van der Waals surface area contributed by atoms with Crippen molar-refractivity contribution < 1.29 is 19.0 Å². The molecule has 0 amide bonds. The van der Waals surface area contributed by atoms with Crippen molar-refractivity contribution >= 4 is 5.97 Å². The van der Waals surface area contributed by atoms with Crippen LogP contribution in [0, 0.1) is 0 Å². The Kier molecular flexibility index (Phi) is 6.46. The summed E-state index contributed by atoms with van der Waals surface area (Å²) in [6.45, 7) is 6.09. The second-order valence-corrected chi connectivity index (χ2v) is 5.43. The fourth-order valence-electron chi connectivity index (χ4n) is 2.85. The third-order valence-electron chi connectivity index (χ3n) is 4.02. The highest BCUT2D eigenvalue weighted by molar-refractivity contribution is 5.81. The van der Waals surface area contributed by atoms with Gasteiger partial charge in [-0.05, 0) is 56.2 Å². The highest BCUT2D eigenvalue weighted by Gasteiger charge is 2.22. The maximum Gasteiger partial charge on any atom is 0.333 e. The fraction of sp³-hybridized carbons (Fsp3) is 0.500. The van der Waals surface area contributed by atoms with E-state index in [0.717, 1.165) is 25.5 Å². The van der Waals surface area contributed by atoms with Crippen molar-refractivity contribution in [3.63, 3.8) is 0 Å². The van der Waals surface area contributed by atoms with E-state index >= 15 is 0 Å². The van der Waals surface area contributed by atoms with Crippen molar-refractivity contribution in [2.45, 2.75) is 44.6 Å². The van der Waals surface area contributed by atoms with E-state index in [1.165, 1.54) is 18.4 Å². The first kappa shape index (κ1) is 16.6. The molecule has 0 N–H and O–H groups in total. The van der Waals surface area contributed by atoms with Crippen LogP contribution in [-0.4, -0.2) is 25.5 Å². The van der Waals surface area contributed by atoms with Crippen molar-refractivity contribution in [3.05, 3.63) is 42.5 Å². The molecule has 1 aliphatic rings. The van der Waals surface area contributed by atoms with Crippen molar-refractivity contribution in [1.82, 2.24) is 0 Å². The third-order valence-corrected chi connectivity index (χ3v) is 4.02. The molecule has 120 valence electrons. The molecule has 0 spiro atoms. The summed E-state index contributed by atoms with van der Waals surface area (Å²) in [5.74, 6) is 0.815. The summed E-state index contributed by atoms with van der Waals surface area (Å²) in [5, 5.41) is 0. The topological polar surface area (TPSA) is 44.8 Å². The molecular weight excluding hydrogens is 280 g/mol. The molecule has 0 atom stereocenters. The molecule has 0 bridgehead atoms. The van der Waals surface area contributed by atoms with Gasteiger partial charge < -0.3 is 14.2 Å². The fourth-order valence-corrected chi connectivity index (χ4v) is 2.85. The van der Waals surface area contributed by atoms with Crippen LogP contribution in [0.4, 0.5) is 0 Å². The molecule has 1 aromatic rings. The SMILES string of the molecule is C=CC(=O)OCOc1ccc(C2CCC(OCC)CC2)cc1. The van der Waals surface area contributed by atoms with E-state index in [0.29, 0.717) is 17.8 Å². The summed E-state index contributed by atoms with van der Waals surface area (Å²) in [6.07, 6.45) is 6.15. The Labute approximate surface area is 132 Å². The second kappa shape index (κ2) is 8.59. The molecule has 0 saturated heterocycles. The zero-order chi connectivity index (χ0) is 15.8. The van der Waals surface area contributed by atoms with E-state index in [1.807, 2.05) is 12.1 Å². The molecule has 0 heterocycles. The van der Waals surface area contributed by atoms with E-state index in [2.05, 4.69) is 25.6 Å². The first-order valence-corrected chi connectivity index (χ1v) is 7.86. The lowest BCUT2D eigenvalue weighted by atomic mass is 9.83. The molecule has 1 aromatic carbocycles. The molecule has 1 saturated carbocycles. The predicted molar refractivity (Wildman–Crippen MR) is 84.8 cm³/mol. The van der Waals surface area contributed by atoms with Crippen LogP contribution in [0.3, 0.4) is 0 Å². The lowest BCUT2D eigenvalue weighted by Gasteiger charge is -2.28. The Balaban J connectivity index is 1.79. The van der Waals surface area contributed by atoms with Gasteiger partial charge in [-0.2, -0.15) is 0 Å². The smallest absolute Gasteiger partial charge is 0.333 e. The van der Waals surface area contributed by atoms with Crippen LogP contribution in [0.2, 0.25) is 0 Å². The molecule has 0 aliphatic heterocycles. The summed E-state index contributed by atoms with van der Waals surface area (Å²) < 4.78 is 15.8. The van der Waals surface area contributed by atoms with Gasteiger partial charge in [-0.25, -0.2) is 4.79 Å². The van der Waals surface area contributed by atoms with Gasteiger partial charge in [-0.3, -0.25) is 0 Å². The summed E-state index contributed by atoms with van der Waals surface area (Å²) in [5.41, 5.74) is 1.34. The number of carbonyl (C=O) groups is 1. The molecule has 22 heavy (non-hydrogen) atoms. The molecule has 0 unspecified atom stereocenters. The molecule has 1 aliphatic carbocycles. The van der Waals surface area contributed by atoms with E-state index in [9.17, 15) is 4.79 Å². The Morgan fingerprint density at radius 3 is 2.50 bits per heavy atom. The van der Waals surface area contributed by atoms with E-state index in [4.69, 9.17) is 14.2 Å². The van der Waals surface area contributed by atoms with Gasteiger partial charge in [0.05, 0.1) is 6.10 Å². The van der Waals surface area contributed by atoms with Crippen molar-refractivity contribution in [3.8, 4) is 5.75 Å². The van der Waals surface area contributed by atoms with Crippen LogP contribution in [0.15, 0.2) is 36.9 Å². The summed E-state index contributed by atoms with van der Waals surface area (Å²) >= 11 is 0. The second-order valence-electron chi connectivity index (χ2n) is 5.43. The number of ether oxygens (including phenoxy) is 3. The zero-order valence-electron chi connectivity index (χ0n) is 13.1. The molecular formula is C18H24O4. The Morgan fingerprint density at radius 1 is 1.23 bits per heavy atom. The zero-order valence-corrected chi connectivity index (χ0v) is 13.1. The first-order chi connectivity index (χ1) is 10.7. The molecule has 4 heteroatoms. The molecule has 0 radical (unpaired) electrons. The van der Waals surface area contributed by atoms with E-state index < -0.39 is 5.97 Å². The minimum atomic E-state index is -0.484. The van der Waals surface area contributed by atoms with Crippen LogP contribution in [0.25, 0.3) is 0 Å². The van der Waals surface area contributed by atoms with E-state index in [-0.39, 0.29) is 6.79 Å². The summed E-state index contributed by atoms with van der Waals surface area (Å²) in [7, 11) is 0. The number of esters is 1. The van der Waals surface area contributed by atoms with Crippen LogP contribution >= 0.6 is 0 Å². The first-order valence-electron chi connectivity index (χ1n) is 7.86. The monoisotopic (exact) mass is 304 g/mol. The van der Waals surface area contributed by atoms with Crippen LogP contribution < -0.4 is 4.74 Å². The van der Waals surface area contributed by atoms with Crippen LogP contribution in [-0.2, 0) is 14.3 Å². The van der Waals surface area contributed by atoms with E-state index in [1.54, 1.807) is 0 Å². The quantitative estimate of drug-likeness (QED) is 0.436. The Bertz CT molecular complexity index is 472. The van der Waals surface area contributed by atoms with Crippen molar-refractivity contribution in [2.24, 2.45) is 0 Å². The summed E-state index contributed by atoms with van der Waals surface area (Å²) in [4.78, 5) is 10.9. The minimum absolute atomic E-state index is 0.0936. The number of benzene rings is 1. The van der Waals surface area contributed by atoms with Crippen LogP contribution in [0.5, 0.6) is 5.75 Å². The number of rotatable bonds is 7. The minimum Gasteiger partial charge on any atom is -0.457 e.